The largest absolute Gasteiger partial charge is 0.524 e. The Morgan fingerprint density at radius 1 is 0.606 bits per heavy atom. The number of hydrogen-bond donors (Lipinski definition) is 1. The first-order valence-corrected chi connectivity index (χ1v) is 33.7. The first kappa shape index (κ1) is 65.3. The molecule has 402 valence electrons. The topological polar surface area (TPSA) is 212 Å². The van der Waals surface area contributed by atoms with Crippen LogP contribution in [0.1, 0.15) is 62.8 Å². The lowest BCUT2D eigenvalue weighted by atomic mass is 10.0. The van der Waals surface area contributed by atoms with E-state index in [0.717, 1.165) is 28.7 Å². The molecular formula is C44H59F6IO15S4Si. The fourth-order valence-electron chi connectivity index (χ4n) is 5.35. The maximum absolute atomic E-state index is 12.3. The molecule has 6 rings (SSSR count). The Hall–Kier alpha value is -3.71. The molecule has 0 bridgehead atoms. The number of ether oxygens (including phenoxy) is 3. The molecule has 2 heterocycles. The molecule has 4 aromatic carbocycles. The summed E-state index contributed by atoms with van der Waals surface area (Å²) in [5, 5.41) is 9.82. The van der Waals surface area contributed by atoms with Crippen LogP contribution in [-0.2, 0) is 65.3 Å². The summed E-state index contributed by atoms with van der Waals surface area (Å²) in [6, 6.07) is 24.0. The van der Waals surface area contributed by atoms with Crippen LogP contribution in [0.15, 0.2) is 94.7 Å². The van der Waals surface area contributed by atoms with Crippen molar-refractivity contribution >= 4 is 67.8 Å². The zero-order valence-electron chi connectivity index (χ0n) is 40.4. The third-order valence-electron chi connectivity index (χ3n) is 8.58. The number of hydrogen-bond acceptors (Lipinski definition) is 15. The van der Waals surface area contributed by atoms with Crippen LogP contribution in [0.4, 0.5) is 26.3 Å². The van der Waals surface area contributed by atoms with E-state index in [1.807, 2.05) is 69.4 Å². The van der Waals surface area contributed by atoms with Crippen molar-refractivity contribution in [2.75, 3.05) is 20.3 Å². The van der Waals surface area contributed by atoms with Gasteiger partial charge in [-0.15, -0.1) is 25.4 Å². The molecule has 0 fully saturated rings. The lowest BCUT2D eigenvalue weighted by Gasteiger charge is -2.27. The van der Waals surface area contributed by atoms with Gasteiger partial charge in [-0.3, -0.25) is 8.37 Å². The Morgan fingerprint density at radius 3 is 1.30 bits per heavy atom. The molecule has 0 aromatic heterocycles. The van der Waals surface area contributed by atoms with Gasteiger partial charge in [0, 0.05) is 0 Å². The van der Waals surface area contributed by atoms with Gasteiger partial charge in [0.1, 0.15) is 31.0 Å². The first-order chi connectivity index (χ1) is 32.7. The summed E-state index contributed by atoms with van der Waals surface area (Å²) in [5.74, 6) is 1.81. The molecule has 2 atom stereocenters. The second kappa shape index (κ2) is 28.1. The summed E-state index contributed by atoms with van der Waals surface area (Å²) in [4.78, 5) is 0.282. The molecule has 1 N–H and O–H groups in total. The van der Waals surface area contributed by atoms with Crippen LogP contribution in [0.3, 0.4) is 0 Å². The van der Waals surface area contributed by atoms with E-state index in [1.54, 1.807) is 55.6 Å². The van der Waals surface area contributed by atoms with Crippen LogP contribution in [0.25, 0.3) is 0 Å². The smallest absolute Gasteiger partial charge is 0.504 e. The summed E-state index contributed by atoms with van der Waals surface area (Å²) >= 11 is 2.52. The molecule has 0 amide bonds. The SMILES string of the molecule is CC.CC.COc1cccc2c1OC(COS(=O)(=O)c1ccc(C)cc1)CC2.C[Si](C)(C)I.Cc1ccc(S(=O)(=O)OCC2CCc3cccc(O)c3O2)cc1.O=S(=O)(OS(=O)(=O)C(F)(F)F)C(F)(F)F. The minimum Gasteiger partial charge on any atom is -0.504 e. The van der Waals surface area contributed by atoms with Crippen molar-refractivity contribution in [1.82, 2.24) is 0 Å². The minimum atomic E-state index is -6.85. The lowest BCUT2D eigenvalue weighted by Crippen LogP contribution is -2.34. The molecule has 0 saturated heterocycles. The highest BCUT2D eigenvalue weighted by Crippen LogP contribution is 2.38. The van der Waals surface area contributed by atoms with E-state index >= 15 is 0 Å². The van der Waals surface area contributed by atoms with Gasteiger partial charge < -0.3 is 19.3 Å². The van der Waals surface area contributed by atoms with Crippen molar-refractivity contribution in [3.8, 4) is 23.0 Å². The molecule has 2 aliphatic heterocycles. The van der Waals surface area contributed by atoms with Gasteiger partial charge in [0.25, 0.3) is 20.2 Å². The summed E-state index contributed by atoms with van der Waals surface area (Å²) in [6.45, 7) is 18.6. The molecule has 2 unspecified atom stereocenters. The highest BCUT2D eigenvalue weighted by molar-refractivity contribution is 14.1. The van der Waals surface area contributed by atoms with Gasteiger partial charge in [0.15, 0.2) is 23.0 Å². The Labute approximate surface area is 426 Å². The summed E-state index contributed by atoms with van der Waals surface area (Å²) in [7, 11) is -19.7. The van der Waals surface area contributed by atoms with Gasteiger partial charge in [-0.1, -0.05) is 107 Å². The molecule has 4 aromatic rings. The fraction of sp³-hybridized carbons (Fsp3) is 0.455. The Kier molecular flexibility index (Phi) is 25.8. The minimum absolute atomic E-state index is 0.0201. The highest BCUT2D eigenvalue weighted by atomic mass is 127. The van der Waals surface area contributed by atoms with Gasteiger partial charge in [-0.05, 0) is 87.1 Å². The molecule has 0 radical (unpaired) electrons. The summed E-state index contributed by atoms with van der Waals surface area (Å²) in [6.07, 6.45) is 2.11. The van der Waals surface area contributed by atoms with Gasteiger partial charge in [-0.2, -0.15) is 60.0 Å². The van der Waals surface area contributed by atoms with Crippen LogP contribution >= 0.6 is 21.8 Å². The molecular weight excluding hydrogens is 1170 g/mol. The van der Waals surface area contributed by atoms with E-state index in [0.29, 0.717) is 36.5 Å². The van der Waals surface area contributed by atoms with Crippen molar-refractivity contribution < 1.29 is 91.3 Å². The summed E-state index contributed by atoms with van der Waals surface area (Å²) < 4.78 is 186. The second-order valence-corrected chi connectivity index (χ2v) is 35.7. The quantitative estimate of drug-likeness (QED) is 0.0369. The number of para-hydroxylation sites is 2. The van der Waals surface area contributed by atoms with Crippen molar-refractivity contribution in [3.63, 3.8) is 0 Å². The number of benzene rings is 4. The molecule has 0 saturated carbocycles. The number of phenols is 1. The van der Waals surface area contributed by atoms with Crippen LogP contribution < -0.4 is 14.2 Å². The molecule has 15 nitrogen and oxygen atoms in total. The van der Waals surface area contributed by atoms with E-state index in [4.69, 9.17) is 22.6 Å². The molecule has 0 spiro atoms. The fourth-order valence-corrected chi connectivity index (χ4v) is 8.78. The zero-order chi connectivity index (χ0) is 54.8. The number of phenolic OH excluding ortho intramolecular Hbond substituents is 1. The Bertz CT molecular complexity index is 2680. The predicted octanol–water partition coefficient (Wildman–Crippen LogP) is 10.9. The van der Waals surface area contributed by atoms with E-state index in [1.165, 1.54) is 12.1 Å². The third kappa shape index (κ3) is 21.7. The van der Waals surface area contributed by atoms with Crippen LogP contribution in [0, 0.1) is 13.8 Å². The number of methoxy groups -OCH3 is 1. The van der Waals surface area contributed by atoms with Gasteiger partial charge in [0.2, 0.25) is 0 Å². The lowest BCUT2D eigenvalue weighted by molar-refractivity contribution is -0.0586. The molecule has 27 heteroatoms. The van der Waals surface area contributed by atoms with E-state index in [9.17, 15) is 65.1 Å². The molecule has 71 heavy (non-hydrogen) atoms. The second-order valence-electron chi connectivity index (χ2n) is 15.3. The van der Waals surface area contributed by atoms with Crippen molar-refractivity contribution in [1.29, 1.82) is 0 Å². The highest BCUT2D eigenvalue weighted by Gasteiger charge is 2.57. The third-order valence-corrected chi connectivity index (χ3v) is 13.7. The number of fused-ring (bicyclic) bond motifs is 2. The predicted molar refractivity (Wildman–Crippen MR) is 266 cm³/mol. The van der Waals surface area contributed by atoms with E-state index in [2.05, 4.69) is 41.4 Å². The Balaban J connectivity index is 0.000000502. The number of halogens is 7. The van der Waals surface area contributed by atoms with E-state index in [-0.39, 0.29) is 34.9 Å². The van der Waals surface area contributed by atoms with Crippen molar-refractivity contribution in [3.05, 3.63) is 107 Å². The number of aromatic hydroxyl groups is 1. The maximum Gasteiger partial charge on any atom is 0.524 e. The maximum atomic E-state index is 12.3. The van der Waals surface area contributed by atoms with Crippen LogP contribution in [-0.4, -0.2) is 87.9 Å². The van der Waals surface area contributed by atoms with E-state index < -0.39 is 63.2 Å². The normalized spacial score (nSPS) is 15.6. The van der Waals surface area contributed by atoms with Crippen molar-refractivity contribution in [2.45, 2.75) is 120 Å². The average Bonchev–Trinajstić information content (AvgIpc) is 3.28. The molecule has 0 aliphatic carbocycles. The monoisotopic (exact) mass is 1220 g/mol. The first-order valence-electron chi connectivity index (χ1n) is 21.4. The zero-order valence-corrected chi connectivity index (χ0v) is 46.8. The summed E-state index contributed by atoms with van der Waals surface area (Å²) in [5.41, 5.74) is -9.21. The number of alkyl halides is 6. The standard InChI is InChI=1S/C18H20O5S.C17H18O5S.C3H9ISi.C2F6O5S2.2C2H6/c1-13-6-10-16(11-7-13)24(19,20)22-12-15-9-8-14-4-3-5-17(21-2)18(14)23-15;1-12-5-9-15(10-6-12)23(19,20)21-11-14-8-7-13-3-2-4-16(18)17(13)22-14;1-5(2,3)4;3-1(4,5)14(9,10)13-15(11,12)2(6,7)8;2*1-2/h3-7,10-11,15H,8-9,12H2,1-2H3;2-6,9-10,14,18H,7-8,11H2,1H3;1-3H3;;2*1-2H3. The Morgan fingerprint density at radius 2 is 0.944 bits per heavy atom. The van der Waals surface area contributed by atoms with Crippen LogP contribution in [0.2, 0.25) is 19.6 Å². The van der Waals surface area contributed by atoms with Gasteiger partial charge >= 0.3 is 31.3 Å². The van der Waals surface area contributed by atoms with Gasteiger partial charge in [0.05, 0.1) is 16.9 Å². The number of aryl methyl sites for hydroxylation is 4. The van der Waals surface area contributed by atoms with Crippen LogP contribution in [0.5, 0.6) is 23.0 Å². The van der Waals surface area contributed by atoms with Gasteiger partial charge in [-0.25, -0.2) is 0 Å². The number of rotatable bonds is 11. The average molecular weight is 1230 g/mol. The van der Waals surface area contributed by atoms with Crippen molar-refractivity contribution in [2.24, 2.45) is 0 Å². The molecule has 2 aliphatic rings.